The molecule has 0 spiro atoms. The summed E-state index contributed by atoms with van der Waals surface area (Å²) in [4.78, 5) is 8.65. The maximum Gasteiger partial charge on any atom is 0.224 e. The van der Waals surface area contributed by atoms with Gasteiger partial charge in [-0.1, -0.05) is 26.0 Å². The fraction of sp³-hybridized carbons (Fsp3) is 0.375. The van der Waals surface area contributed by atoms with E-state index in [0.29, 0.717) is 18.4 Å². The van der Waals surface area contributed by atoms with Crippen molar-refractivity contribution in [1.82, 2.24) is 9.97 Å². The van der Waals surface area contributed by atoms with E-state index >= 15 is 0 Å². The first-order valence-corrected chi connectivity index (χ1v) is 7.21. The van der Waals surface area contributed by atoms with Gasteiger partial charge >= 0.3 is 0 Å². The van der Waals surface area contributed by atoms with Crippen molar-refractivity contribution in [3.63, 3.8) is 0 Å². The minimum Gasteiger partial charge on any atom is -0.353 e. The second-order valence-corrected chi connectivity index (χ2v) is 5.55. The lowest BCUT2D eigenvalue weighted by atomic mass is 10.1. The number of anilines is 3. The molecule has 21 heavy (non-hydrogen) atoms. The molecule has 0 unspecified atom stereocenters. The zero-order valence-electron chi connectivity index (χ0n) is 12.8. The number of hydrogen-bond donors (Lipinski definition) is 3. The highest BCUT2D eigenvalue weighted by Crippen LogP contribution is 2.16. The maximum absolute atomic E-state index is 6.01. The molecule has 0 saturated carbocycles. The Morgan fingerprint density at radius 2 is 2.05 bits per heavy atom. The van der Waals surface area contributed by atoms with Gasteiger partial charge in [0.15, 0.2) is 0 Å². The van der Waals surface area contributed by atoms with Crippen molar-refractivity contribution < 1.29 is 0 Å². The monoisotopic (exact) mass is 285 g/mol. The average molecular weight is 285 g/mol. The van der Waals surface area contributed by atoms with Crippen molar-refractivity contribution in [3.8, 4) is 0 Å². The van der Waals surface area contributed by atoms with E-state index in [1.54, 1.807) is 6.20 Å². The smallest absolute Gasteiger partial charge is 0.224 e. The third-order valence-electron chi connectivity index (χ3n) is 3.30. The van der Waals surface area contributed by atoms with E-state index in [-0.39, 0.29) is 6.04 Å². The van der Waals surface area contributed by atoms with E-state index < -0.39 is 0 Å². The normalized spacial score (nSPS) is 12.2. The van der Waals surface area contributed by atoms with Crippen LogP contribution in [0, 0.1) is 12.8 Å². The van der Waals surface area contributed by atoms with Gasteiger partial charge in [0.05, 0.1) is 0 Å². The molecule has 2 rings (SSSR count). The summed E-state index contributed by atoms with van der Waals surface area (Å²) in [6, 6.07) is 10.1. The molecule has 0 bridgehead atoms. The number of rotatable bonds is 6. The van der Waals surface area contributed by atoms with Gasteiger partial charge in [0, 0.05) is 24.5 Å². The lowest BCUT2D eigenvalue weighted by Gasteiger charge is -2.16. The van der Waals surface area contributed by atoms with Crippen molar-refractivity contribution in [3.05, 3.63) is 42.1 Å². The van der Waals surface area contributed by atoms with Gasteiger partial charge in [0.1, 0.15) is 5.82 Å². The fourth-order valence-electron chi connectivity index (χ4n) is 1.83. The molecule has 0 amide bonds. The molecule has 2 aromatic rings. The molecule has 1 atom stereocenters. The third kappa shape index (κ3) is 4.72. The Balaban J connectivity index is 2.00. The molecule has 0 aliphatic carbocycles. The summed E-state index contributed by atoms with van der Waals surface area (Å²) < 4.78 is 0. The quantitative estimate of drug-likeness (QED) is 0.761. The summed E-state index contributed by atoms with van der Waals surface area (Å²) >= 11 is 0. The maximum atomic E-state index is 6.01. The van der Waals surface area contributed by atoms with Gasteiger partial charge in [-0.15, -0.1) is 0 Å². The number of nitrogens with one attached hydrogen (secondary N) is 2. The number of aryl methyl sites for hydroxylation is 1. The molecular weight excluding hydrogens is 262 g/mol. The molecule has 4 N–H and O–H groups in total. The Labute approximate surface area is 126 Å². The Morgan fingerprint density at radius 3 is 2.76 bits per heavy atom. The number of benzene rings is 1. The second kappa shape index (κ2) is 7.04. The van der Waals surface area contributed by atoms with Gasteiger partial charge in [-0.05, 0) is 36.6 Å². The molecule has 0 aliphatic heterocycles. The highest BCUT2D eigenvalue weighted by molar-refractivity contribution is 5.57. The van der Waals surface area contributed by atoms with E-state index in [0.717, 1.165) is 11.5 Å². The predicted octanol–water partition coefficient (Wildman–Crippen LogP) is 2.92. The minimum absolute atomic E-state index is 0.0852. The number of nitrogens with zero attached hydrogens (tertiary/aromatic N) is 2. The summed E-state index contributed by atoms with van der Waals surface area (Å²) in [6.45, 7) is 6.92. The lowest BCUT2D eigenvalue weighted by molar-refractivity contribution is 0.510. The Morgan fingerprint density at radius 1 is 1.24 bits per heavy atom. The fourth-order valence-corrected chi connectivity index (χ4v) is 1.83. The minimum atomic E-state index is 0.0852. The number of hydrogen-bond acceptors (Lipinski definition) is 5. The van der Waals surface area contributed by atoms with E-state index in [4.69, 9.17) is 5.73 Å². The Hall–Kier alpha value is -2.14. The van der Waals surface area contributed by atoms with Crippen LogP contribution < -0.4 is 16.4 Å². The summed E-state index contributed by atoms with van der Waals surface area (Å²) in [5.74, 6) is 1.77. The lowest BCUT2D eigenvalue weighted by Crippen LogP contribution is -2.34. The van der Waals surface area contributed by atoms with Gasteiger partial charge in [-0.3, -0.25) is 0 Å². The van der Waals surface area contributed by atoms with Crippen LogP contribution in [0.3, 0.4) is 0 Å². The van der Waals surface area contributed by atoms with Crippen molar-refractivity contribution in [2.45, 2.75) is 26.8 Å². The Kier molecular flexibility index (Phi) is 5.11. The molecule has 0 aliphatic rings. The van der Waals surface area contributed by atoms with Crippen LogP contribution in [-0.4, -0.2) is 22.6 Å². The van der Waals surface area contributed by atoms with E-state index in [1.807, 2.05) is 18.2 Å². The highest BCUT2D eigenvalue weighted by atomic mass is 15.1. The first kappa shape index (κ1) is 15.3. The molecule has 0 fully saturated rings. The van der Waals surface area contributed by atoms with Crippen LogP contribution >= 0.6 is 0 Å². The van der Waals surface area contributed by atoms with Gasteiger partial charge in [-0.25, -0.2) is 4.98 Å². The molecule has 0 radical (unpaired) electrons. The summed E-state index contributed by atoms with van der Waals surface area (Å²) in [5.41, 5.74) is 8.23. The van der Waals surface area contributed by atoms with Crippen molar-refractivity contribution in [2.24, 2.45) is 11.7 Å². The Bertz CT molecular complexity index is 582. The molecular formula is C16H23N5. The van der Waals surface area contributed by atoms with Gasteiger partial charge in [0.2, 0.25) is 5.95 Å². The first-order chi connectivity index (χ1) is 10.0. The van der Waals surface area contributed by atoms with Crippen molar-refractivity contribution in [1.29, 1.82) is 0 Å². The molecule has 1 aromatic heterocycles. The largest absolute Gasteiger partial charge is 0.353 e. The van der Waals surface area contributed by atoms with Crippen molar-refractivity contribution in [2.75, 3.05) is 17.2 Å². The van der Waals surface area contributed by atoms with E-state index in [9.17, 15) is 0 Å². The molecule has 0 saturated heterocycles. The van der Waals surface area contributed by atoms with Gasteiger partial charge in [-0.2, -0.15) is 4.98 Å². The third-order valence-corrected chi connectivity index (χ3v) is 3.30. The summed E-state index contributed by atoms with van der Waals surface area (Å²) in [6.07, 6.45) is 1.73. The number of nitrogens with two attached hydrogens (primary N) is 1. The summed E-state index contributed by atoms with van der Waals surface area (Å²) in [5, 5.41) is 6.45. The number of aromatic nitrogens is 2. The van der Waals surface area contributed by atoms with Crippen LogP contribution in [0.4, 0.5) is 17.5 Å². The van der Waals surface area contributed by atoms with E-state index in [2.05, 4.69) is 53.5 Å². The summed E-state index contributed by atoms with van der Waals surface area (Å²) in [7, 11) is 0. The SMILES string of the molecule is Cc1cccc(Nc2ccnc(NC[C@@H](N)C(C)C)n2)c1. The predicted molar refractivity (Wildman–Crippen MR) is 87.8 cm³/mol. The van der Waals surface area contributed by atoms with Crippen LogP contribution in [0.25, 0.3) is 0 Å². The average Bonchev–Trinajstić information content (AvgIpc) is 2.45. The van der Waals surface area contributed by atoms with Crippen LogP contribution in [0.1, 0.15) is 19.4 Å². The molecule has 5 nitrogen and oxygen atoms in total. The topological polar surface area (TPSA) is 75.9 Å². The van der Waals surface area contributed by atoms with Gasteiger partial charge < -0.3 is 16.4 Å². The van der Waals surface area contributed by atoms with Crippen LogP contribution in [-0.2, 0) is 0 Å². The van der Waals surface area contributed by atoms with Crippen molar-refractivity contribution >= 4 is 17.5 Å². The highest BCUT2D eigenvalue weighted by Gasteiger charge is 2.08. The zero-order chi connectivity index (χ0) is 15.2. The zero-order valence-corrected chi connectivity index (χ0v) is 12.8. The second-order valence-electron chi connectivity index (χ2n) is 5.55. The standard InChI is InChI=1S/C16H23N5/c1-11(2)14(17)10-19-16-18-8-7-15(21-16)20-13-6-4-5-12(3)9-13/h4-9,11,14H,10,17H2,1-3H3,(H2,18,19,20,21)/t14-/m1/s1. The van der Waals surface area contributed by atoms with Crippen LogP contribution in [0.2, 0.25) is 0 Å². The van der Waals surface area contributed by atoms with Gasteiger partial charge in [0.25, 0.3) is 0 Å². The first-order valence-electron chi connectivity index (χ1n) is 7.21. The molecule has 112 valence electrons. The molecule has 5 heteroatoms. The van der Waals surface area contributed by atoms with E-state index in [1.165, 1.54) is 5.56 Å². The van der Waals surface area contributed by atoms with Crippen LogP contribution in [0.5, 0.6) is 0 Å². The van der Waals surface area contributed by atoms with Crippen LogP contribution in [0.15, 0.2) is 36.5 Å². The molecule has 1 heterocycles. The molecule has 1 aromatic carbocycles.